The molecule has 27 heavy (non-hydrogen) atoms. The Labute approximate surface area is 176 Å². The maximum absolute atomic E-state index is 12.5. The van der Waals surface area contributed by atoms with Crippen LogP contribution in [0.1, 0.15) is 24.0 Å². The molecule has 0 saturated heterocycles. The Morgan fingerprint density at radius 2 is 2.00 bits per heavy atom. The SMILES string of the molecule is CN=C(NCc1cc(C)ccc1OC(F)F)NCC1(CS(C)(=O)=O)CC1.I. The van der Waals surface area contributed by atoms with Crippen molar-refractivity contribution >= 4 is 39.8 Å². The molecule has 0 aliphatic heterocycles. The highest BCUT2D eigenvalue weighted by Crippen LogP contribution is 2.45. The normalized spacial score (nSPS) is 15.9. The Kier molecular flexibility index (Phi) is 8.71. The third-order valence-electron chi connectivity index (χ3n) is 4.26. The second-order valence-electron chi connectivity index (χ2n) is 6.84. The summed E-state index contributed by atoms with van der Waals surface area (Å²) in [5.41, 5.74) is 1.28. The number of aliphatic imine (C=N–C) groups is 1. The first-order chi connectivity index (χ1) is 12.1. The number of alkyl halides is 2. The smallest absolute Gasteiger partial charge is 0.387 e. The second-order valence-corrected chi connectivity index (χ2v) is 8.98. The minimum Gasteiger partial charge on any atom is -0.434 e. The molecular weight excluding hydrogens is 491 g/mol. The zero-order chi connectivity index (χ0) is 19.4. The van der Waals surface area contributed by atoms with Crippen LogP contribution >= 0.6 is 24.0 Å². The monoisotopic (exact) mass is 517 g/mol. The lowest BCUT2D eigenvalue weighted by molar-refractivity contribution is -0.0504. The van der Waals surface area contributed by atoms with E-state index in [-0.39, 0.29) is 47.4 Å². The number of aryl methyl sites for hydroxylation is 1. The molecule has 0 unspecified atom stereocenters. The summed E-state index contributed by atoms with van der Waals surface area (Å²) in [7, 11) is -1.44. The van der Waals surface area contributed by atoms with Gasteiger partial charge in [0.1, 0.15) is 15.6 Å². The molecule has 1 aromatic rings. The van der Waals surface area contributed by atoms with Crippen LogP contribution in [0.25, 0.3) is 0 Å². The van der Waals surface area contributed by atoms with Gasteiger partial charge in [0.15, 0.2) is 5.96 Å². The van der Waals surface area contributed by atoms with Gasteiger partial charge in [-0.3, -0.25) is 4.99 Å². The molecule has 2 rings (SSSR count). The molecule has 0 atom stereocenters. The van der Waals surface area contributed by atoms with E-state index in [2.05, 4.69) is 20.4 Å². The summed E-state index contributed by atoms with van der Waals surface area (Å²) >= 11 is 0. The molecule has 2 N–H and O–H groups in total. The Bertz CT molecular complexity index is 769. The quantitative estimate of drug-likeness (QED) is 0.315. The molecular formula is C17H26F2IN3O3S. The minimum absolute atomic E-state index is 0. The molecule has 6 nitrogen and oxygen atoms in total. The van der Waals surface area contributed by atoms with Gasteiger partial charge in [-0.15, -0.1) is 24.0 Å². The third-order valence-corrected chi connectivity index (χ3v) is 5.40. The molecule has 0 spiro atoms. The number of nitrogens with one attached hydrogen (secondary N) is 2. The molecule has 1 aliphatic carbocycles. The first-order valence-corrected chi connectivity index (χ1v) is 10.4. The summed E-state index contributed by atoms with van der Waals surface area (Å²) in [4.78, 5) is 4.10. The van der Waals surface area contributed by atoms with Crippen LogP contribution in [0.3, 0.4) is 0 Å². The summed E-state index contributed by atoms with van der Waals surface area (Å²) in [6, 6.07) is 4.99. The lowest BCUT2D eigenvalue weighted by atomic mass is 10.1. The molecule has 1 fully saturated rings. The number of sulfone groups is 1. The van der Waals surface area contributed by atoms with E-state index in [1.54, 1.807) is 19.2 Å². The van der Waals surface area contributed by atoms with Crippen LogP contribution in [0.4, 0.5) is 8.78 Å². The number of nitrogens with zero attached hydrogens (tertiary/aromatic N) is 1. The highest BCUT2D eigenvalue weighted by atomic mass is 127. The fraction of sp³-hybridized carbons (Fsp3) is 0.588. The maximum atomic E-state index is 12.5. The fourth-order valence-corrected chi connectivity index (χ4v) is 4.34. The highest BCUT2D eigenvalue weighted by Gasteiger charge is 2.45. The maximum Gasteiger partial charge on any atom is 0.387 e. The van der Waals surface area contributed by atoms with Crippen molar-refractivity contribution in [2.45, 2.75) is 32.9 Å². The van der Waals surface area contributed by atoms with E-state index in [0.29, 0.717) is 18.1 Å². The predicted octanol–water partition coefficient (Wildman–Crippen LogP) is 2.70. The van der Waals surface area contributed by atoms with E-state index in [4.69, 9.17) is 0 Å². The average Bonchev–Trinajstić information content (AvgIpc) is 3.27. The fourth-order valence-electron chi connectivity index (χ4n) is 2.83. The van der Waals surface area contributed by atoms with E-state index in [1.807, 2.05) is 6.92 Å². The Hall–Kier alpha value is -1.17. The first kappa shape index (κ1) is 23.9. The molecule has 10 heteroatoms. The molecule has 154 valence electrons. The van der Waals surface area contributed by atoms with Gasteiger partial charge < -0.3 is 15.4 Å². The van der Waals surface area contributed by atoms with Crippen molar-refractivity contribution < 1.29 is 21.9 Å². The standard InChI is InChI=1S/C17H25F2N3O3S.HI/c1-12-4-5-14(25-15(18)19)13(8-12)9-21-16(20-2)22-10-17(6-7-17)11-26(3,23)24;/h4-5,8,15H,6-7,9-11H2,1-3H3,(H2,20,21,22);1H. The van der Waals surface area contributed by atoms with E-state index >= 15 is 0 Å². The number of guanidine groups is 1. The van der Waals surface area contributed by atoms with Gasteiger partial charge in [-0.1, -0.05) is 17.7 Å². The zero-order valence-electron chi connectivity index (χ0n) is 15.6. The van der Waals surface area contributed by atoms with Crippen molar-refractivity contribution in [3.8, 4) is 5.75 Å². The van der Waals surface area contributed by atoms with Gasteiger partial charge in [0.05, 0.1) is 5.75 Å². The van der Waals surface area contributed by atoms with E-state index in [9.17, 15) is 17.2 Å². The number of benzene rings is 1. The topological polar surface area (TPSA) is 79.8 Å². The lowest BCUT2D eigenvalue weighted by Gasteiger charge is -2.18. The van der Waals surface area contributed by atoms with Crippen LogP contribution in [-0.2, 0) is 16.4 Å². The van der Waals surface area contributed by atoms with Gasteiger partial charge in [-0.2, -0.15) is 8.78 Å². The number of hydrogen-bond acceptors (Lipinski definition) is 4. The highest BCUT2D eigenvalue weighted by molar-refractivity contribution is 14.0. The van der Waals surface area contributed by atoms with Gasteiger partial charge in [0.2, 0.25) is 0 Å². The van der Waals surface area contributed by atoms with E-state index in [0.717, 1.165) is 18.4 Å². The Morgan fingerprint density at radius 1 is 1.33 bits per heavy atom. The van der Waals surface area contributed by atoms with Gasteiger partial charge >= 0.3 is 6.61 Å². The van der Waals surface area contributed by atoms with Gasteiger partial charge in [0, 0.05) is 37.4 Å². The Balaban J connectivity index is 0.00000364. The van der Waals surface area contributed by atoms with Crippen molar-refractivity contribution in [2.75, 3.05) is 25.6 Å². The number of halogens is 3. The average molecular weight is 517 g/mol. The largest absolute Gasteiger partial charge is 0.434 e. The van der Waals surface area contributed by atoms with Crippen molar-refractivity contribution in [3.63, 3.8) is 0 Å². The van der Waals surface area contributed by atoms with Crippen LogP contribution in [0.2, 0.25) is 0 Å². The Morgan fingerprint density at radius 3 is 2.52 bits per heavy atom. The van der Waals surface area contributed by atoms with Crippen LogP contribution in [0.15, 0.2) is 23.2 Å². The predicted molar refractivity (Wildman–Crippen MR) is 113 cm³/mol. The minimum atomic E-state index is -3.04. The molecule has 0 radical (unpaired) electrons. The first-order valence-electron chi connectivity index (χ1n) is 8.29. The second kappa shape index (κ2) is 9.85. The van der Waals surface area contributed by atoms with Crippen molar-refractivity contribution in [1.82, 2.24) is 10.6 Å². The summed E-state index contributed by atoms with van der Waals surface area (Å²) in [5.74, 6) is 0.743. The van der Waals surface area contributed by atoms with Crippen LogP contribution < -0.4 is 15.4 Å². The van der Waals surface area contributed by atoms with Crippen molar-refractivity contribution in [1.29, 1.82) is 0 Å². The van der Waals surface area contributed by atoms with Crippen molar-refractivity contribution in [3.05, 3.63) is 29.3 Å². The summed E-state index contributed by atoms with van der Waals surface area (Å²) < 4.78 is 52.7. The van der Waals surface area contributed by atoms with Gasteiger partial charge in [-0.25, -0.2) is 8.42 Å². The molecule has 1 aromatic carbocycles. The summed E-state index contributed by atoms with van der Waals surface area (Å²) in [6.07, 6.45) is 2.95. The van der Waals surface area contributed by atoms with Gasteiger partial charge in [0.25, 0.3) is 0 Å². The summed E-state index contributed by atoms with van der Waals surface area (Å²) in [5, 5.41) is 6.18. The third kappa shape index (κ3) is 8.16. The van der Waals surface area contributed by atoms with Gasteiger partial charge in [-0.05, 0) is 25.8 Å². The number of hydrogen-bond donors (Lipinski definition) is 2. The van der Waals surface area contributed by atoms with E-state index < -0.39 is 16.4 Å². The van der Waals surface area contributed by atoms with Crippen LogP contribution in [-0.4, -0.2) is 46.6 Å². The van der Waals surface area contributed by atoms with Crippen molar-refractivity contribution in [2.24, 2.45) is 10.4 Å². The molecule has 1 saturated carbocycles. The molecule has 0 amide bonds. The van der Waals surface area contributed by atoms with Crippen LogP contribution in [0, 0.1) is 12.3 Å². The summed E-state index contributed by atoms with van der Waals surface area (Å²) in [6.45, 7) is -0.277. The lowest BCUT2D eigenvalue weighted by Crippen LogP contribution is -2.41. The molecule has 0 aromatic heterocycles. The zero-order valence-corrected chi connectivity index (χ0v) is 18.7. The molecule has 0 bridgehead atoms. The number of ether oxygens (including phenoxy) is 1. The molecule has 0 heterocycles. The van der Waals surface area contributed by atoms with Crippen LogP contribution in [0.5, 0.6) is 5.75 Å². The molecule has 1 aliphatic rings. The van der Waals surface area contributed by atoms with E-state index in [1.165, 1.54) is 12.3 Å². The number of rotatable bonds is 8.